The van der Waals surface area contributed by atoms with Crippen LogP contribution in [0.4, 0.5) is 17.6 Å². The molecule has 2 unspecified atom stereocenters. The summed E-state index contributed by atoms with van der Waals surface area (Å²) in [7, 11) is 3.37. The summed E-state index contributed by atoms with van der Waals surface area (Å²) < 4.78 is 41.0. The summed E-state index contributed by atoms with van der Waals surface area (Å²) in [5.41, 5.74) is 2.17. The van der Waals surface area contributed by atoms with Crippen molar-refractivity contribution in [1.29, 1.82) is 0 Å². The van der Waals surface area contributed by atoms with Gasteiger partial charge in [0.05, 0.1) is 30.3 Å². The molecule has 4 heterocycles. The van der Waals surface area contributed by atoms with Crippen molar-refractivity contribution in [3.8, 4) is 11.3 Å². The fourth-order valence-electron chi connectivity index (χ4n) is 3.84. The molecule has 1 saturated heterocycles. The van der Waals surface area contributed by atoms with Gasteiger partial charge in [-0.25, -0.2) is 4.98 Å². The molecule has 1 amide bonds. The van der Waals surface area contributed by atoms with Crippen molar-refractivity contribution in [2.24, 2.45) is 0 Å². The van der Waals surface area contributed by atoms with Crippen LogP contribution in [0.1, 0.15) is 10.6 Å². The molecule has 0 aliphatic carbocycles. The molecule has 1 aliphatic heterocycles. The molecule has 0 bridgehead atoms. The van der Waals surface area contributed by atoms with Crippen LogP contribution in [0.15, 0.2) is 46.9 Å². The average Bonchev–Trinajstić information content (AvgIpc) is 3.53. The predicted octanol–water partition coefficient (Wildman–Crippen LogP) is 1.68. The number of nitrogens with one attached hydrogen (secondary N) is 2. The zero-order valence-electron chi connectivity index (χ0n) is 20.9. The molecule has 3 aromatic heterocycles. The zero-order valence-corrected chi connectivity index (χ0v) is 22.5. The van der Waals surface area contributed by atoms with E-state index >= 15 is 0 Å². The smallest absolute Gasteiger partial charge is 0.327 e. The minimum atomic E-state index is -1.62. The Morgan fingerprint density at radius 1 is 1.11 bits per heavy atom. The highest BCUT2D eigenvalue weighted by Crippen LogP contribution is 2.31. The number of rotatable bonds is 8. The number of benzene rings is 1. The fourth-order valence-corrected chi connectivity index (χ4v) is 4.94. The number of morpholine rings is 1. The highest BCUT2D eigenvalue weighted by molar-refractivity contribution is 7.89. The number of hydrogen-bond donors (Lipinski definition) is 2. The standard InChI is InChI=1S/C23H26N8O5S2/c1-29(2)38(34)31-19(14-16(27-31)15-7-5-4-6-8-15)25-23-24-17-13-18(22(32)28-37(3)33)36-20(17)21(26-23)30-9-11-35-12-10-30/h4-8,13-14H,9-12H2,1-3H3,(H,28,32)(H,24,25,26). The van der Waals surface area contributed by atoms with E-state index in [1.54, 1.807) is 20.2 Å². The number of carbonyl (C=O) groups excluding carboxylic acids is 1. The van der Waals surface area contributed by atoms with Crippen LogP contribution in [0.3, 0.4) is 0 Å². The van der Waals surface area contributed by atoms with Gasteiger partial charge in [0.25, 0.3) is 0 Å². The van der Waals surface area contributed by atoms with Gasteiger partial charge in [-0.1, -0.05) is 30.3 Å². The molecule has 1 aliphatic rings. The highest BCUT2D eigenvalue weighted by Gasteiger charge is 2.26. The lowest BCUT2D eigenvalue weighted by Crippen LogP contribution is -2.37. The molecule has 2 atom stereocenters. The Balaban J connectivity index is 1.57. The van der Waals surface area contributed by atoms with Crippen molar-refractivity contribution in [3.63, 3.8) is 0 Å². The SMILES string of the molecule is CN(C)[S+]([O-])n1nc(-c2ccccc2)cc1Nc1nc(N2CCOCC2)c2oc(C(=O)N[S+](C)[O-])cc2n1. The summed E-state index contributed by atoms with van der Waals surface area (Å²) >= 11 is -3.18. The van der Waals surface area contributed by atoms with E-state index in [0.29, 0.717) is 54.7 Å². The van der Waals surface area contributed by atoms with Crippen LogP contribution in [0.25, 0.3) is 22.4 Å². The summed E-state index contributed by atoms with van der Waals surface area (Å²) in [4.78, 5) is 23.7. The number of ether oxygens (including phenoxy) is 1. The van der Waals surface area contributed by atoms with Gasteiger partial charge in [-0.3, -0.25) is 4.79 Å². The first-order valence-electron chi connectivity index (χ1n) is 11.6. The second-order valence-electron chi connectivity index (χ2n) is 8.50. The van der Waals surface area contributed by atoms with Crippen LogP contribution in [-0.2, 0) is 27.6 Å². The monoisotopic (exact) mass is 558 g/mol. The third-order valence-electron chi connectivity index (χ3n) is 5.57. The molecule has 1 fully saturated rings. The Bertz CT molecular complexity index is 1420. The number of furan rings is 1. The van der Waals surface area contributed by atoms with Gasteiger partial charge in [0.15, 0.2) is 34.5 Å². The van der Waals surface area contributed by atoms with Gasteiger partial charge in [-0.2, -0.15) is 9.71 Å². The Kier molecular flexibility index (Phi) is 7.73. The van der Waals surface area contributed by atoms with Crippen LogP contribution < -0.4 is 14.9 Å². The van der Waals surface area contributed by atoms with E-state index in [9.17, 15) is 13.9 Å². The van der Waals surface area contributed by atoms with E-state index in [2.05, 4.69) is 25.1 Å². The summed E-state index contributed by atoms with van der Waals surface area (Å²) in [5.74, 6) is 0.411. The van der Waals surface area contributed by atoms with Gasteiger partial charge in [-0.15, -0.1) is 9.40 Å². The third kappa shape index (κ3) is 5.57. The van der Waals surface area contributed by atoms with Gasteiger partial charge in [0.1, 0.15) is 11.8 Å². The maximum absolute atomic E-state index is 13.0. The maximum atomic E-state index is 13.0. The lowest BCUT2D eigenvalue weighted by molar-refractivity contribution is 0.0956. The molecule has 4 aromatic rings. The minimum Gasteiger partial charge on any atom is -0.593 e. The quantitative estimate of drug-likeness (QED) is 0.303. The zero-order chi connectivity index (χ0) is 26.8. The molecule has 200 valence electrons. The van der Waals surface area contributed by atoms with Gasteiger partial charge in [-0.05, 0) is 4.09 Å². The molecule has 0 saturated carbocycles. The average molecular weight is 559 g/mol. The number of fused-ring (bicyclic) bond motifs is 1. The second kappa shape index (κ2) is 11.2. The Hall–Kier alpha value is -3.34. The van der Waals surface area contributed by atoms with Crippen molar-refractivity contribution in [2.75, 3.05) is 56.9 Å². The Morgan fingerprint density at radius 3 is 2.53 bits per heavy atom. The molecule has 1 aromatic carbocycles. The van der Waals surface area contributed by atoms with Crippen molar-refractivity contribution in [3.05, 3.63) is 48.2 Å². The van der Waals surface area contributed by atoms with Crippen LogP contribution in [0.2, 0.25) is 0 Å². The first kappa shape index (κ1) is 26.3. The van der Waals surface area contributed by atoms with Crippen molar-refractivity contribution in [1.82, 2.24) is 28.2 Å². The maximum Gasteiger partial charge on any atom is 0.327 e. The third-order valence-corrected chi connectivity index (χ3v) is 7.24. The number of carbonyl (C=O) groups is 1. The van der Waals surface area contributed by atoms with Gasteiger partial charge in [0, 0.05) is 44.9 Å². The van der Waals surface area contributed by atoms with E-state index < -0.39 is 28.8 Å². The van der Waals surface area contributed by atoms with Crippen molar-refractivity contribution < 1.29 is 23.1 Å². The summed E-state index contributed by atoms with van der Waals surface area (Å²) in [6.45, 7) is 2.14. The van der Waals surface area contributed by atoms with Gasteiger partial charge >= 0.3 is 5.91 Å². The van der Waals surface area contributed by atoms with Gasteiger partial charge < -0.3 is 28.5 Å². The number of anilines is 3. The molecule has 0 radical (unpaired) electrons. The number of amides is 1. The van der Waals surface area contributed by atoms with Crippen LogP contribution in [0.5, 0.6) is 0 Å². The topological polar surface area (TPSA) is 160 Å². The molecule has 0 spiro atoms. The largest absolute Gasteiger partial charge is 0.593 e. The Morgan fingerprint density at radius 2 is 1.84 bits per heavy atom. The van der Waals surface area contributed by atoms with E-state index in [-0.39, 0.29) is 11.7 Å². The highest BCUT2D eigenvalue weighted by atomic mass is 32.2. The van der Waals surface area contributed by atoms with Crippen molar-refractivity contribution >= 4 is 57.5 Å². The fraction of sp³-hybridized carbons (Fsp3) is 0.304. The molecule has 15 heteroatoms. The van der Waals surface area contributed by atoms with Crippen LogP contribution in [0, 0.1) is 0 Å². The molecule has 38 heavy (non-hydrogen) atoms. The first-order valence-corrected chi connectivity index (χ1v) is 14.2. The lowest BCUT2D eigenvalue weighted by Gasteiger charge is -2.27. The molecule has 5 rings (SSSR count). The predicted molar refractivity (Wildman–Crippen MR) is 145 cm³/mol. The lowest BCUT2D eigenvalue weighted by atomic mass is 10.2. The first-order chi connectivity index (χ1) is 18.3. The molecular weight excluding hydrogens is 532 g/mol. The van der Waals surface area contributed by atoms with Crippen LogP contribution in [-0.4, -0.2) is 85.1 Å². The summed E-state index contributed by atoms with van der Waals surface area (Å²) in [6.07, 6.45) is 1.35. The summed E-state index contributed by atoms with van der Waals surface area (Å²) in [5, 5.41) is 7.71. The molecular formula is C23H26N8O5S2. The van der Waals surface area contributed by atoms with E-state index in [4.69, 9.17) is 9.15 Å². The van der Waals surface area contributed by atoms with Crippen molar-refractivity contribution in [2.45, 2.75) is 0 Å². The van der Waals surface area contributed by atoms with Crippen LogP contribution >= 0.6 is 0 Å². The number of aromatic nitrogens is 4. The number of nitrogens with zero attached hydrogens (tertiary/aromatic N) is 6. The summed E-state index contributed by atoms with van der Waals surface area (Å²) in [6, 6.07) is 12.8. The normalized spacial score (nSPS) is 15.6. The Labute approximate surface area is 224 Å². The van der Waals surface area contributed by atoms with E-state index in [1.807, 2.05) is 35.2 Å². The van der Waals surface area contributed by atoms with E-state index in [1.165, 1.54) is 20.7 Å². The number of hydrogen-bond acceptors (Lipinski definition) is 11. The van der Waals surface area contributed by atoms with Gasteiger partial charge in [0.2, 0.25) is 5.95 Å². The minimum absolute atomic E-state index is 0.0405. The molecule has 2 N–H and O–H groups in total. The molecule has 13 nitrogen and oxygen atoms in total. The van der Waals surface area contributed by atoms with E-state index in [0.717, 1.165) is 5.56 Å². The second-order valence-corrected chi connectivity index (χ2v) is 11.2.